The van der Waals surface area contributed by atoms with Crippen LogP contribution in [0.2, 0.25) is 0 Å². The van der Waals surface area contributed by atoms with E-state index < -0.39 is 35.5 Å². The first-order valence-electron chi connectivity index (χ1n) is 10.5. The summed E-state index contributed by atoms with van der Waals surface area (Å²) in [6, 6.07) is 0. The Bertz CT molecular complexity index is 834. The molecule has 3 fully saturated rings. The molecule has 0 aromatic heterocycles. The van der Waals surface area contributed by atoms with Gasteiger partial charge in [-0.05, 0) is 56.1 Å². The molecule has 0 spiro atoms. The first-order valence-corrected chi connectivity index (χ1v) is 10.5. The zero-order chi connectivity index (χ0) is 21.2. The van der Waals surface area contributed by atoms with E-state index >= 15 is 0 Å². The van der Waals surface area contributed by atoms with E-state index in [-0.39, 0.29) is 58.5 Å². The molecule has 6 nitrogen and oxygen atoms in total. The molecule has 160 valence electrons. The van der Waals surface area contributed by atoms with E-state index in [2.05, 4.69) is 6.92 Å². The van der Waals surface area contributed by atoms with Crippen LogP contribution < -0.4 is 0 Å². The SMILES string of the molecule is CC(=O)O[C@]1(C(=O)CO)CC[C@H]2[C@@H]3CCC4=CC(=O)C=C[C@]4(C)[C@H]3[C@@H](O)C[C@@]21C.[NaH]. The Hall–Kier alpha value is -0.790. The molecule has 0 amide bonds. The van der Waals surface area contributed by atoms with E-state index in [0.717, 1.165) is 18.4 Å². The molecule has 2 N–H and O–H groups in total. The molecule has 0 saturated heterocycles. The average molecular weight is 426 g/mol. The van der Waals surface area contributed by atoms with Crippen LogP contribution in [0.25, 0.3) is 0 Å². The molecular weight excluding hydrogens is 395 g/mol. The Kier molecular flexibility index (Phi) is 6.34. The fourth-order valence-electron chi connectivity index (χ4n) is 7.37. The summed E-state index contributed by atoms with van der Waals surface area (Å²) in [4.78, 5) is 36.7. The molecule has 7 atom stereocenters. The minimum absolute atomic E-state index is 0. The van der Waals surface area contributed by atoms with Gasteiger partial charge in [0, 0.05) is 23.7 Å². The molecule has 0 heterocycles. The van der Waals surface area contributed by atoms with Gasteiger partial charge >= 0.3 is 35.5 Å². The van der Waals surface area contributed by atoms with Gasteiger partial charge in [0.25, 0.3) is 0 Å². The van der Waals surface area contributed by atoms with E-state index in [1.807, 2.05) is 13.0 Å². The van der Waals surface area contributed by atoms with E-state index in [1.165, 1.54) is 6.92 Å². The van der Waals surface area contributed by atoms with E-state index in [4.69, 9.17) is 4.74 Å². The number of aliphatic hydroxyl groups excluding tert-OH is 2. The van der Waals surface area contributed by atoms with Crippen molar-refractivity contribution >= 4 is 47.1 Å². The topological polar surface area (TPSA) is 101 Å². The molecule has 0 aliphatic heterocycles. The molecule has 0 unspecified atom stereocenters. The fourth-order valence-corrected chi connectivity index (χ4v) is 7.37. The Labute approximate surface area is 199 Å². The van der Waals surface area contributed by atoms with E-state index in [9.17, 15) is 24.6 Å². The third kappa shape index (κ3) is 3.14. The molecule has 4 aliphatic rings. The van der Waals surface area contributed by atoms with Crippen LogP contribution in [0.5, 0.6) is 0 Å². The summed E-state index contributed by atoms with van der Waals surface area (Å²) >= 11 is 0. The van der Waals surface area contributed by atoms with Crippen LogP contribution in [0.15, 0.2) is 23.8 Å². The van der Waals surface area contributed by atoms with Gasteiger partial charge in [0.05, 0.1) is 6.10 Å². The number of ketones is 2. The summed E-state index contributed by atoms with van der Waals surface area (Å²) in [5.74, 6) is -0.839. The fraction of sp³-hybridized carbons (Fsp3) is 0.696. The molecule has 0 aromatic carbocycles. The number of fused-ring (bicyclic) bond motifs is 5. The zero-order valence-corrected chi connectivity index (χ0v) is 17.3. The van der Waals surface area contributed by atoms with Crippen molar-refractivity contribution in [2.75, 3.05) is 6.61 Å². The van der Waals surface area contributed by atoms with Crippen LogP contribution >= 0.6 is 0 Å². The Morgan fingerprint density at radius 2 is 1.97 bits per heavy atom. The number of hydrogen-bond donors (Lipinski definition) is 2. The van der Waals surface area contributed by atoms with Crippen molar-refractivity contribution in [2.45, 2.75) is 64.6 Å². The van der Waals surface area contributed by atoms with Gasteiger partial charge in [-0.25, -0.2) is 0 Å². The zero-order valence-electron chi connectivity index (χ0n) is 17.3. The van der Waals surface area contributed by atoms with Crippen molar-refractivity contribution in [1.82, 2.24) is 0 Å². The third-order valence-corrected chi connectivity index (χ3v) is 8.53. The maximum atomic E-state index is 12.9. The molecule has 4 rings (SSSR count). The number of aliphatic hydroxyl groups is 2. The second-order valence-electron chi connectivity index (χ2n) is 9.75. The molecule has 0 radical (unpaired) electrons. The van der Waals surface area contributed by atoms with Gasteiger partial charge in [-0.3, -0.25) is 14.4 Å². The first kappa shape index (κ1) is 23.9. The quantitative estimate of drug-likeness (QED) is 0.524. The molecule has 0 bridgehead atoms. The predicted molar refractivity (Wildman–Crippen MR) is 112 cm³/mol. The number of esters is 1. The van der Waals surface area contributed by atoms with Gasteiger partial charge in [0.1, 0.15) is 6.61 Å². The standard InChI is InChI=1S/C23H30O6.Na.H/c1-13(25)29-23(19(28)12-24)9-7-17-16-5-4-14-10-15(26)6-8-21(14,2)20(16)18(27)11-22(17,23)3;;/h6,8,10,16-18,20,24,27H,4-5,7,9,11-12H2,1-3H3;;/t16-,17-,18-,20+,21-,22-,23-;;/m0../s1. The summed E-state index contributed by atoms with van der Waals surface area (Å²) in [5, 5.41) is 21.0. The first-order chi connectivity index (χ1) is 13.6. The van der Waals surface area contributed by atoms with Gasteiger partial charge in [-0.15, -0.1) is 0 Å². The van der Waals surface area contributed by atoms with E-state index in [1.54, 1.807) is 12.2 Å². The Morgan fingerprint density at radius 1 is 1.27 bits per heavy atom. The van der Waals surface area contributed by atoms with Gasteiger partial charge in [0.2, 0.25) is 5.78 Å². The van der Waals surface area contributed by atoms with Crippen LogP contribution in [-0.4, -0.2) is 75.6 Å². The second-order valence-corrected chi connectivity index (χ2v) is 9.75. The van der Waals surface area contributed by atoms with Crippen molar-refractivity contribution in [3.05, 3.63) is 23.8 Å². The van der Waals surface area contributed by atoms with Crippen LogP contribution in [-0.2, 0) is 19.1 Å². The normalized spacial score (nSPS) is 44.2. The number of hydrogen-bond acceptors (Lipinski definition) is 6. The maximum absolute atomic E-state index is 12.9. The number of rotatable bonds is 3. The summed E-state index contributed by atoms with van der Waals surface area (Å²) in [5.41, 5.74) is -1.43. The molecular formula is C23H31NaO6. The van der Waals surface area contributed by atoms with Crippen LogP contribution in [0.3, 0.4) is 0 Å². The van der Waals surface area contributed by atoms with Gasteiger partial charge < -0.3 is 14.9 Å². The molecule has 7 heteroatoms. The summed E-state index contributed by atoms with van der Waals surface area (Å²) < 4.78 is 5.67. The van der Waals surface area contributed by atoms with E-state index in [0.29, 0.717) is 19.3 Å². The summed E-state index contributed by atoms with van der Waals surface area (Å²) in [6.07, 6.45) is 7.56. The van der Waals surface area contributed by atoms with Gasteiger partial charge in [-0.1, -0.05) is 25.5 Å². The average Bonchev–Trinajstić information content (AvgIpc) is 2.93. The van der Waals surface area contributed by atoms with Crippen LogP contribution in [0, 0.1) is 28.6 Å². The van der Waals surface area contributed by atoms with Crippen molar-refractivity contribution in [3.63, 3.8) is 0 Å². The number of carbonyl (C=O) groups is 3. The molecule has 0 aromatic rings. The minimum atomic E-state index is -1.39. The van der Waals surface area contributed by atoms with Crippen LogP contribution in [0.4, 0.5) is 0 Å². The van der Waals surface area contributed by atoms with Crippen molar-refractivity contribution < 1.29 is 29.3 Å². The van der Waals surface area contributed by atoms with Crippen molar-refractivity contribution in [1.29, 1.82) is 0 Å². The van der Waals surface area contributed by atoms with Crippen molar-refractivity contribution in [3.8, 4) is 0 Å². The molecule has 3 saturated carbocycles. The predicted octanol–water partition coefficient (Wildman–Crippen LogP) is 1.48. The van der Waals surface area contributed by atoms with Crippen molar-refractivity contribution in [2.24, 2.45) is 28.6 Å². The third-order valence-electron chi connectivity index (χ3n) is 8.53. The van der Waals surface area contributed by atoms with Crippen LogP contribution in [0.1, 0.15) is 52.9 Å². The summed E-state index contributed by atoms with van der Waals surface area (Å²) in [7, 11) is 0. The second kappa shape index (κ2) is 7.96. The Morgan fingerprint density at radius 3 is 2.60 bits per heavy atom. The monoisotopic (exact) mass is 426 g/mol. The summed E-state index contributed by atoms with van der Waals surface area (Å²) in [6.45, 7) is 4.63. The number of ether oxygens (including phenoxy) is 1. The van der Waals surface area contributed by atoms with Gasteiger partial charge in [-0.2, -0.15) is 0 Å². The number of allylic oxidation sites excluding steroid dienone is 4. The number of carbonyl (C=O) groups excluding carboxylic acids is 3. The molecule has 30 heavy (non-hydrogen) atoms. The Balaban J connectivity index is 0.00000256. The molecule has 4 aliphatic carbocycles. The number of Topliss-reactive ketones (excluding diaryl/α,β-unsaturated/α-hetero) is 1. The van der Waals surface area contributed by atoms with Gasteiger partial charge in [0.15, 0.2) is 11.4 Å².